The molecule has 1 amide bonds. The molecule has 0 atom stereocenters. The number of hydrogen-bond acceptors (Lipinski definition) is 5. The number of carbonyl (C=O) groups excluding carboxylic acids is 1. The van der Waals surface area contributed by atoms with Gasteiger partial charge in [-0.1, -0.05) is 36.4 Å². The molecule has 0 radical (unpaired) electrons. The molecule has 1 N–H and O–H groups in total. The van der Waals surface area contributed by atoms with E-state index in [0.29, 0.717) is 24.5 Å². The lowest BCUT2D eigenvalue weighted by molar-refractivity contribution is 0.0989. The first-order valence-corrected chi connectivity index (χ1v) is 8.33. The van der Waals surface area contributed by atoms with E-state index < -0.39 is 0 Å². The van der Waals surface area contributed by atoms with Gasteiger partial charge in [0.1, 0.15) is 12.2 Å². The summed E-state index contributed by atoms with van der Waals surface area (Å²) in [5.74, 6) is 0.562. The Labute approximate surface area is 150 Å². The number of aromatic nitrogens is 2. The molecule has 6 nitrogen and oxygen atoms in total. The highest BCUT2D eigenvalue weighted by molar-refractivity contribution is 6.07. The van der Waals surface area contributed by atoms with Crippen molar-refractivity contribution in [3.05, 3.63) is 71.9 Å². The standard InChI is InChI=1S/C20H17N3O3/c24-13-14-5-4-6-15(11-14)18-21-12-17-19(22-18)26-10-9-23(20(17)25)16-7-2-1-3-8-16/h1-8,11-12,24H,9-10,13H2. The third-order valence-electron chi connectivity index (χ3n) is 4.22. The highest BCUT2D eigenvalue weighted by Crippen LogP contribution is 2.27. The number of benzene rings is 2. The van der Waals surface area contributed by atoms with Crippen LogP contribution >= 0.6 is 0 Å². The quantitative estimate of drug-likeness (QED) is 0.788. The summed E-state index contributed by atoms with van der Waals surface area (Å²) in [5.41, 5.74) is 2.69. The van der Waals surface area contributed by atoms with Crippen LogP contribution in [0.1, 0.15) is 15.9 Å². The molecule has 6 heteroatoms. The molecule has 26 heavy (non-hydrogen) atoms. The van der Waals surface area contributed by atoms with E-state index in [1.807, 2.05) is 54.6 Å². The SMILES string of the molecule is O=C1c2cnc(-c3cccc(CO)c3)nc2OCCN1c1ccccc1. The highest BCUT2D eigenvalue weighted by Gasteiger charge is 2.26. The van der Waals surface area contributed by atoms with Crippen LogP contribution in [0, 0.1) is 0 Å². The van der Waals surface area contributed by atoms with Gasteiger partial charge in [0, 0.05) is 17.4 Å². The number of para-hydroxylation sites is 1. The van der Waals surface area contributed by atoms with Gasteiger partial charge in [0.2, 0.25) is 5.88 Å². The van der Waals surface area contributed by atoms with Crippen LogP contribution in [0.5, 0.6) is 5.88 Å². The average molecular weight is 347 g/mol. The lowest BCUT2D eigenvalue weighted by atomic mass is 10.1. The number of amides is 1. The minimum atomic E-state index is -0.181. The fraction of sp³-hybridized carbons (Fsp3) is 0.150. The number of anilines is 1. The molecule has 2 heterocycles. The summed E-state index contributed by atoms with van der Waals surface area (Å²) in [6, 6.07) is 16.8. The maximum atomic E-state index is 12.9. The number of hydrogen-bond donors (Lipinski definition) is 1. The Kier molecular flexibility index (Phi) is 4.33. The summed E-state index contributed by atoms with van der Waals surface area (Å²) in [7, 11) is 0. The van der Waals surface area contributed by atoms with Crippen LogP contribution in [0.4, 0.5) is 5.69 Å². The Bertz CT molecular complexity index is 944. The summed E-state index contributed by atoms with van der Waals surface area (Å²) in [5, 5.41) is 9.29. The maximum Gasteiger partial charge on any atom is 0.265 e. The summed E-state index contributed by atoms with van der Waals surface area (Å²) in [4.78, 5) is 23.4. The molecule has 130 valence electrons. The molecule has 1 aliphatic rings. The molecular weight excluding hydrogens is 330 g/mol. The van der Waals surface area contributed by atoms with Gasteiger partial charge >= 0.3 is 0 Å². The molecule has 0 unspecified atom stereocenters. The molecule has 0 saturated carbocycles. The topological polar surface area (TPSA) is 75.5 Å². The monoisotopic (exact) mass is 347 g/mol. The van der Waals surface area contributed by atoms with Gasteiger partial charge in [0.15, 0.2) is 5.82 Å². The van der Waals surface area contributed by atoms with Gasteiger partial charge in [-0.15, -0.1) is 0 Å². The highest BCUT2D eigenvalue weighted by atomic mass is 16.5. The van der Waals surface area contributed by atoms with Crippen LogP contribution < -0.4 is 9.64 Å². The predicted octanol–water partition coefficient (Wildman–Crippen LogP) is 2.68. The number of aliphatic hydroxyl groups excluding tert-OH is 1. The number of aliphatic hydroxyl groups is 1. The number of nitrogens with zero attached hydrogens (tertiary/aromatic N) is 3. The Hall–Kier alpha value is -3.25. The van der Waals surface area contributed by atoms with E-state index in [0.717, 1.165) is 16.8 Å². The molecule has 0 aliphatic carbocycles. The Morgan fingerprint density at radius 1 is 1.12 bits per heavy atom. The molecule has 2 aromatic carbocycles. The van der Waals surface area contributed by atoms with Crippen molar-refractivity contribution in [2.45, 2.75) is 6.61 Å². The molecule has 1 aromatic heterocycles. The minimum Gasteiger partial charge on any atom is -0.475 e. The van der Waals surface area contributed by atoms with E-state index in [1.54, 1.807) is 4.90 Å². The second-order valence-electron chi connectivity index (χ2n) is 5.91. The lowest BCUT2D eigenvalue weighted by Gasteiger charge is -2.19. The van der Waals surface area contributed by atoms with Gasteiger partial charge in [0.25, 0.3) is 5.91 Å². The Morgan fingerprint density at radius 2 is 1.96 bits per heavy atom. The van der Waals surface area contributed by atoms with Gasteiger partial charge in [-0.2, -0.15) is 4.98 Å². The third kappa shape index (κ3) is 3.02. The Balaban J connectivity index is 1.70. The number of fused-ring (bicyclic) bond motifs is 1. The third-order valence-corrected chi connectivity index (χ3v) is 4.22. The summed E-state index contributed by atoms with van der Waals surface area (Å²) >= 11 is 0. The Morgan fingerprint density at radius 3 is 2.77 bits per heavy atom. The molecule has 4 rings (SSSR count). The predicted molar refractivity (Wildman–Crippen MR) is 97.0 cm³/mol. The van der Waals surface area contributed by atoms with Gasteiger partial charge in [0.05, 0.1) is 13.2 Å². The molecule has 1 aliphatic heterocycles. The van der Waals surface area contributed by atoms with Crippen molar-refractivity contribution in [3.63, 3.8) is 0 Å². The number of ether oxygens (including phenoxy) is 1. The zero-order valence-electron chi connectivity index (χ0n) is 14.0. The fourth-order valence-electron chi connectivity index (χ4n) is 2.91. The number of carbonyl (C=O) groups is 1. The molecule has 0 bridgehead atoms. The van der Waals surface area contributed by atoms with Crippen molar-refractivity contribution in [3.8, 4) is 17.3 Å². The van der Waals surface area contributed by atoms with Crippen molar-refractivity contribution in [1.82, 2.24) is 9.97 Å². The zero-order valence-corrected chi connectivity index (χ0v) is 14.0. The van der Waals surface area contributed by atoms with Gasteiger partial charge < -0.3 is 14.7 Å². The van der Waals surface area contributed by atoms with Crippen LogP contribution in [-0.4, -0.2) is 34.1 Å². The summed E-state index contributed by atoms with van der Waals surface area (Å²) in [6.07, 6.45) is 1.51. The second-order valence-corrected chi connectivity index (χ2v) is 5.91. The lowest BCUT2D eigenvalue weighted by Crippen LogP contribution is -2.32. The first kappa shape index (κ1) is 16.2. The van der Waals surface area contributed by atoms with E-state index in [9.17, 15) is 9.90 Å². The van der Waals surface area contributed by atoms with Crippen LogP contribution in [0.3, 0.4) is 0 Å². The first-order chi connectivity index (χ1) is 12.8. The van der Waals surface area contributed by atoms with E-state index in [-0.39, 0.29) is 18.4 Å². The van der Waals surface area contributed by atoms with Crippen LogP contribution in [0.2, 0.25) is 0 Å². The molecule has 0 spiro atoms. The van der Waals surface area contributed by atoms with E-state index in [4.69, 9.17) is 4.74 Å². The zero-order chi connectivity index (χ0) is 17.9. The molecule has 0 fully saturated rings. The van der Waals surface area contributed by atoms with Crippen molar-refractivity contribution in [1.29, 1.82) is 0 Å². The van der Waals surface area contributed by atoms with E-state index in [1.165, 1.54) is 6.20 Å². The second kappa shape index (κ2) is 6.93. The van der Waals surface area contributed by atoms with Gasteiger partial charge in [-0.25, -0.2) is 4.98 Å². The summed E-state index contributed by atoms with van der Waals surface area (Å²) in [6.45, 7) is 0.731. The van der Waals surface area contributed by atoms with Crippen LogP contribution in [-0.2, 0) is 6.61 Å². The van der Waals surface area contributed by atoms with E-state index >= 15 is 0 Å². The molecule has 3 aromatic rings. The van der Waals surface area contributed by atoms with Crippen molar-refractivity contribution >= 4 is 11.6 Å². The summed E-state index contributed by atoms with van der Waals surface area (Å²) < 4.78 is 5.73. The molecule has 0 saturated heterocycles. The smallest absolute Gasteiger partial charge is 0.265 e. The van der Waals surface area contributed by atoms with E-state index in [2.05, 4.69) is 9.97 Å². The van der Waals surface area contributed by atoms with Gasteiger partial charge in [-0.05, 0) is 23.8 Å². The first-order valence-electron chi connectivity index (χ1n) is 8.33. The van der Waals surface area contributed by atoms with Crippen LogP contribution in [0.25, 0.3) is 11.4 Å². The minimum absolute atomic E-state index is 0.0558. The van der Waals surface area contributed by atoms with Crippen LogP contribution in [0.15, 0.2) is 60.8 Å². The molecular formula is C20H17N3O3. The van der Waals surface area contributed by atoms with Crippen molar-refractivity contribution in [2.75, 3.05) is 18.1 Å². The van der Waals surface area contributed by atoms with Gasteiger partial charge in [-0.3, -0.25) is 4.79 Å². The average Bonchev–Trinajstić information content (AvgIpc) is 2.87. The maximum absolute atomic E-state index is 12.9. The fourth-order valence-corrected chi connectivity index (χ4v) is 2.91. The van der Waals surface area contributed by atoms with Crippen molar-refractivity contribution in [2.24, 2.45) is 0 Å². The van der Waals surface area contributed by atoms with Crippen molar-refractivity contribution < 1.29 is 14.6 Å². The number of rotatable bonds is 3. The normalized spacial score (nSPS) is 13.7. The largest absolute Gasteiger partial charge is 0.475 e.